The fraction of sp³-hybridized carbons (Fsp3) is 0.0909. The number of aryl methyl sites for hydroxylation is 1. The van der Waals surface area contributed by atoms with Gasteiger partial charge in [0.05, 0.1) is 18.1 Å². The number of imidazole rings is 1. The third kappa shape index (κ3) is 2.89. The highest BCUT2D eigenvalue weighted by molar-refractivity contribution is 14.1. The smallest absolute Gasteiger partial charge is 0.221 e. The van der Waals surface area contributed by atoms with Crippen LogP contribution in [-0.4, -0.2) is 15.9 Å². The molecule has 0 aliphatic heterocycles. The minimum Gasteiger partial charge on any atom is -0.368 e. The van der Waals surface area contributed by atoms with Gasteiger partial charge in [-0.25, -0.2) is 14.1 Å². The minimum absolute atomic E-state index is 0.297. The first-order valence-corrected chi connectivity index (χ1v) is 6.85. The summed E-state index contributed by atoms with van der Waals surface area (Å²) in [6.07, 6.45) is 3.23. The highest BCUT2D eigenvalue weighted by atomic mass is 127. The van der Waals surface area contributed by atoms with Gasteiger partial charge in [-0.1, -0.05) is 0 Å². The Bertz CT molecular complexity index is 624. The van der Waals surface area contributed by atoms with E-state index in [9.17, 15) is 4.39 Å². The van der Waals surface area contributed by atoms with Crippen LogP contribution in [0.2, 0.25) is 0 Å². The van der Waals surface area contributed by atoms with Crippen molar-refractivity contribution in [1.82, 2.24) is 9.66 Å². The molecule has 2 aromatic rings. The zero-order valence-corrected chi connectivity index (χ0v) is 13.1. The third-order valence-electron chi connectivity index (χ3n) is 2.18. The lowest BCUT2D eigenvalue weighted by molar-refractivity contribution is 0.626. The Morgan fingerprint density at radius 2 is 2.28 bits per heavy atom. The fourth-order valence-electron chi connectivity index (χ4n) is 1.39. The van der Waals surface area contributed by atoms with Gasteiger partial charge in [0.25, 0.3) is 0 Å². The van der Waals surface area contributed by atoms with E-state index in [4.69, 9.17) is 5.73 Å². The first kappa shape index (κ1) is 13.5. The fourth-order valence-corrected chi connectivity index (χ4v) is 2.33. The van der Waals surface area contributed by atoms with Gasteiger partial charge >= 0.3 is 0 Å². The van der Waals surface area contributed by atoms with Crippen LogP contribution in [0.3, 0.4) is 0 Å². The topological polar surface area (TPSA) is 56.2 Å². The molecule has 7 heteroatoms. The minimum atomic E-state index is -0.307. The maximum atomic E-state index is 13.3. The van der Waals surface area contributed by atoms with E-state index in [-0.39, 0.29) is 5.82 Å². The van der Waals surface area contributed by atoms with Crippen molar-refractivity contribution in [3.05, 3.63) is 43.4 Å². The van der Waals surface area contributed by atoms with Crippen LogP contribution in [0, 0.1) is 16.3 Å². The zero-order valence-electron chi connectivity index (χ0n) is 9.36. The van der Waals surface area contributed by atoms with Crippen LogP contribution >= 0.6 is 38.5 Å². The molecule has 18 heavy (non-hydrogen) atoms. The lowest BCUT2D eigenvalue weighted by Gasteiger charge is -2.02. The van der Waals surface area contributed by atoms with Gasteiger partial charge in [0.2, 0.25) is 5.95 Å². The third-order valence-corrected chi connectivity index (χ3v) is 4.65. The van der Waals surface area contributed by atoms with E-state index in [0.717, 1.165) is 13.7 Å². The van der Waals surface area contributed by atoms with E-state index in [1.165, 1.54) is 23.0 Å². The average molecular weight is 423 g/mol. The lowest BCUT2D eigenvalue weighted by atomic mass is 10.2. The van der Waals surface area contributed by atoms with E-state index in [1.54, 1.807) is 6.20 Å². The summed E-state index contributed by atoms with van der Waals surface area (Å²) < 4.78 is 16.3. The summed E-state index contributed by atoms with van der Waals surface area (Å²) >= 11 is 5.44. The number of benzene rings is 1. The Hall–Kier alpha value is -0.960. The first-order valence-electron chi connectivity index (χ1n) is 4.97. The van der Waals surface area contributed by atoms with Gasteiger partial charge < -0.3 is 5.73 Å². The summed E-state index contributed by atoms with van der Waals surface area (Å²) in [5.41, 5.74) is 7.07. The van der Waals surface area contributed by atoms with E-state index in [2.05, 4.69) is 26.0 Å². The molecule has 0 fully saturated rings. The van der Waals surface area contributed by atoms with Crippen molar-refractivity contribution in [3.63, 3.8) is 0 Å². The molecule has 0 saturated heterocycles. The summed E-state index contributed by atoms with van der Waals surface area (Å²) in [6, 6.07) is 2.84. The molecule has 0 unspecified atom stereocenters. The Kier molecular flexibility index (Phi) is 4.00. The van der Waals surface area contributed by atoms with Gasteiger partial charge in [-0.05, 0) is 57.6 Å². The molecular formula is C11H9BrFIN4. The molecule has 0 spiro atoms. The molecule has 0 amide bonds. The summed E-state index contributed by atoms with van der Waals surface area (Å²) in [6.45, 7) is 1.82. The largest absolute Gasteiger partial charge is 0.368 e. The number of nitrogens with zero attached hydrogens (tertiary/aromatic N) is 3. The first-order chi connectivity index (χ1) is 8.47. The lowest BCUT2D eigenvalue weighted by Crippen LogP contribution is -1.98. The molecule has 0 aliphatic rings. The molecule has 0 aliphatic carbocycles. The molecule has 94 valence electrons. The molecular weight excluding hydrogens is 414 g/mol. The Labute approximate surface area is 125 Å². The Morgan fingerprint density at radius 1 is 1.56 bits per heavy atom. The van der Waals surface area contributed by atoms with Crippen molar-refractivity contribution < 1.29 is 4.39 Å². The van der Waals surface area contributed by atoms with Gasteiger partial charge in [-0.15, -0.1) is 0 Å². The number of hydrogen-bond donors (Lipinski definition) is 1. The van der Waals surface area contributed by atoms with E-state index < -0.39 is 0 Å². The molecule has 2 rings (SSSR count). The number of hydrogen-bond acceptors (Lipinski definition) is 3. The van der Waals surface area contributed by atoms with Crippen LogP contribution < -0.4 is 5.73 Å². The van der Waals surface area contributed by atoms with Gasteiger partial charge in [0.15, 0.2) is 0 Å². The Morgan fingerprint density at radius 3 is 2.89 bits per heavy atom. The van der Waals surface area contributed by atoms with Crippen molar-refractivity contribution in [2.75, 3.05) is 5.73 Å². The monoisotopic (exact) mass is 422 g/mol. The zero-order chi connectivity index (χ0) is 13.3. The molecule has 4 nitrogen and oxygen atoms in total. The molecule has 1 aromatic carbocycles. The summed E-state index contributed by atoms with van der Waals surface area (Å²) in [5, 5.41) is 4.14. The van der Waals surface area contributed by atoms with Crippen molar-refractivity contribution in [2.45, 2.75) is 6.92 Å². The number of halogens is 3. The molecule has 2 N–H and O–H groups in total. The van der Waals surface area contributed by atoms with Crippen LogP contribution in [0.4, 0.5) is 10.3 Å². The molecule has 0 atom stereocenters. The predicted molar refractivity (Wildman–Crippen MR) is 81.2 cm³/mol. The molecule has 0 radical (unpaired) electrons. The van der Waals surface area contributed by atoms with E-state index >= 15 is 0 Å². The Balaban J connectivity index is 2.37. The second kappa shape index (κ2) is 5.35. The van der Waals surface area contributed by atoms with Gasteiger partial charge in [0, 0.05) is 13.6 Å². The quantitative estimate of drug-likeness (QED) is 0.459. The number of aromatic nitrogens is 2. The van der Waals surface area contributed by atoms with Gasteiger partial charge in [-0.3, -0.25) is 0 Å². The highest BCUT2D eigenvalue weighted by Crippen LogP contribution is 2.23. The standard InChI is InChI=1S/C11H9BrFIN4/c1-6-5-18(11(15)17-6)16-4-7-2-8(13)3-9(14)10(7)12/h2-5H,1H3,(H2,15,17). The molecule has 0 bridgehead atoms. The van der Waals surface area contributed by atoms with Crippen molar-refractivity contribution in [1.29, 1.82) is 0 Å². The van der Waals surface area contributed by atoms with Crippen molar-refractivity contribution >= 4 is 50.7 Å². The van der Waals surface area contributed by atoms with E-state index in [0.29, 0.717) is 11.5 Å². The second-order valence-corrected chi connectivity index (χ2v) is 5.58. The van der Waals surface area contributed by atoms with Crippen LogP contribution in [0.5, 0.6) is 0 Å². The van der Waals surface area contributed by atoms with Crippen molar-refractivity contribution in [3.8, 4) is 0 Å². The summed E-state index contributed by atoms with van der Waals surface area (Å²) in [5.74, 6) is -0.00944. The molecule has 0 saturated carbocycles. The number of nitrogen functional groups attached to an aromatic ring is 1. The number of nitrogens with two attached hydrogens (primary N) is 1. The van der Waals surface area contributed by atoms with Gasteiger partial charge in [-0.2, -0.15) is 5.10 Å². The van der Waals surface area contributed by atoms with Crippen LogP contribution in [0.25, 0.3) is 0 Å². The van der Waals surface area contributed by atoms with Crippen LogP contribution in [0.1, 0.15) is 11.3 Å². The van der Waals surface area contributed by atoms with Gasteiger partial charge in [0.1, 0.15) is 5.82 Å². The van der Waals surface area contributed by atoms with Crippen LogP contribution in [-0.2, 0) is 0 Å². The van der Waals surface area contributed by atoms with Crippen LogP contribution in [0.15, 0.2) is 27.9 Å². The van der Waals surface area contributed by atoms with Crippen molar-refractivity contribution in [2.24, 2.45) is 5.10 Å². The number of anilines is 1. The summed E-state index contributed by atoms with van der Waals surface area (Å²) in [7, 11) is 0. The maximum Gasteiger partial charge on any atom is 0.221 e. The average Bonchev–Trinajstić information content (AvgIpc) is 2.60. The highest BCUT2D eigenvalue weighted by Gasteiger charge is 2.05. The summed E-state index contributed by atoms with van der Waals surface area (Å²) in [4.78, 5) is 4.02. The number of rotatable bonds is 2. The molecule has 1 heterocycles. The normalized spacial score (nSPS) is 11.3. The molecule has 1 aromatic heterocycles. The predicted octanol–water partition coefficient (Wildman–Crippen LogP) is 3.16. The SMILES string of the molecule is Cc1cn(N=Cc2cc(F)cc(I)c2Br)c(N)n1. The second-order valence-electron chi connectivity index (χ2n) is 3.62. The maximum absolute atomic E-state index is 13.3. The van der Waals surface area contributed by atoms with E-state index in [1.807, 2.05) is 29.5 Å².